The third kappa shape index (κ3) is 5.07. The number of ether oxygens (including phenoxy) is 2. The molecule has 1 saturated carbocycles. The summed E-state index contributed by atoms with van der Waals surface area (Å²) in [5, 5.41) is 3.50. The molecule has 0 unspecified atom stereocenters. The van der Waals surface area contributed by atoms with E-state index >= 15 is 0 Å². The van der Waals surface area contributed by atoms with E-state index in [2.05, 4.69) is 24.4 Å². The predicted octanol–water partition coefficient (Wildman–Crippen LogP) is 2.74. The van der Waals surface area contributed by atoms with Crippen molar-refractivity contribution in [2.75, 3.05) is 19.8 Å². The minimum atomic E-state index is 0.625. The van der Waals surface area contributed by atoms with Gasteiger partial charge in [0.05, 0.1) is 6.61 Å². The first-order valence-corrected chi connectivity index (χ1v) is 6.91. The summed E-state index contributed by atoms with van der Waals surface area (Å²) in [5.41, 5.74) is 1.32. The van der Waals surface area contributed by atoms with Crippen molar-refractivity contribution in [1.29, 1.82) is 0 Å². The first kappa shape index (κ1) is 13.4. The van der Waals surface area contributed by atoms with Gasteiger partial charge in [-0.05, 0) is 37.0 Å². The van der Waals surface area contributed by atoms with E-state index in [9.17, 15) is 0 Å². The van der Waals surface area contributed by atoms with Crippen molar-refractivity contribution in [2.24, 2.45) is 0 Å². The van der Waals surface area contributed by atoms with Gasteiger partial charge in [-0.25, -0.2) is 0 Å². The van der Waals surface area contributed by atoms with Gasteiger partial charge in [-0.2, -0.15) is 0 Å². The third-order valence-corrected chi connectivity index (χ3v) is 2.94. The van der Waals surface area contributed by atoms with Crippen LogP contribution in [0.5, 0.6) is 5.75 Å². The van der Waals surface area contributed by atoms with Crippen molar-refractivity contribution in [3.8, 4) is 5.75 Å². The van der Waals surface area contributed by atoms with E-state index in [4.69, 9.17) is 9.47 Å². The van der Waals surface area contributed by atoms with Crippen LogP contribution in [0.25, 0.3) is 0 Å². The number of nitrogens with one attached hydrogen (secondary N) is 1. The monoisotopic (exact) mass is 249 g/mol. The largest absolute Gasteiger partial charge is 0.491 e. The fourth-order valence-electron chi connectivity index (χ4n) is 1.72. The molecule has 0 spiro atoms. The van der Waals surface area contributed by atoms with Gasteiger partial charge in [0.25, 0.3) is 0 Å². The summed E-state index contributed by atoms with van der Waals surface area (Å²) in [4.78, 5) is 0. The Morgan fingerprint density at radius 1 is 1.11 bits per heavy atom. The van der Waals surface area contributed by atoms with Crippen LogP contribution in [-0.2, 0) is 11.3 Å². The molecular weight excluding hydrogens is 226 g/mol. The molecule has 0 amide bonds. The van der Waals surface area contributed by atoms with Crippen LogP contribution in [0.1, 0.15) is 31.7 Å². The smallest absolute Gasteiger partial charge is 0.119 e. The Hall–Kier alpha value is -1.06. The lowest BCUT2D eigenvalue weighted by atomic mass is 10.2. The zero-order chi connectivity index (χ0) is 12.6. The average Bonchev–Trinajstić information content (AvgIpc) is 3.22. The maximum Gasteiger partial charge on any atom is 0.119 e. The molecule has 1 fully saturated rings. The Balaban J connectivity index is 1.63. The van der Waals surface area contributed by atoms with Crippen molar-refractivity contribution in [1.82, 2.24) is 5.32 Å². The van der Waals surface area contributed by atoms with Gasteiger partial charge in [-0.15, -0.1) is 0 Å². The first-order chi connectivity index (χ1) is 8.88. The number of rotatable bonds is 9. The highest BCUT2D eigenvalue weighted by Gasteiger charge is 2.19. The van der Waals surface area contributed by atoms with E-state index in [0.29, 0.717) is 13.2 Å². The van der Waals surface area contributed by atoms with Crippen molar-refractivity contribution in [3.05, 3.63) is 29.8 Å². The summed E-state index contributed by atoms with van der Waals surface area (Å²) in [6.45, 7) is 5.17. The molecule has 0 radical (unpaired) electrons. The molecule has 0 saturated heterocycles. The summed E-state index contributed by atoms with van der Waals surface area (Å²) < 4.78 is 11.0. The number of benzene rings is 1. The van der Waals surface area contributed by atoms with Crippen molar-refractivity contribution >= 4 is 0 Å². The van der Waals surface area contributed by atoms with Crippen LogP contribution < -0.4 is 10.1 Å². The van der Waals surface area contributed by atoms with Crippen molar-refractivity contribution in [3.63, 3.8) is 0 Å². The Bertz CT molecular complexity index is 333. The Morgan fingerprint density at radius 2 is 1.89 bits per heavy atom. The zero-order valence-corrected chi connectivity index (χ0v) is 11.2. The summed E-state index contributed by atoms with van der Waals surface area (Å²) in [6.07, 6.45) is 3.72. The van der Waals surface area contributed by atoms with Crippen LogP contribution in [0.3, 0.4) is 0 Å². The summed E-state index contributed by atoms with van der Waals surface area (Å²) in [5.74, 6) is 0.922. The second-order valence-corrected chi connectivity index (χ2v) is 4.76. The molecule has 3 heteroatoms. The maximum absolute atomic E-state index is 5.60. The summed E-state index contributed by atoms with van der Waals surface area (Å²) in [6, 6.07) is 9.07. The van der Waals surface area contributed by atoms with E-state index in [-0.39, 0.29) is 0 Å². The van der Waals surface area contributed by atoms with E-state index < -0.39 is 0 Å². The molecule has 0 aliphatic heterocycles. The third-order valence-electron chi connectivity index (χ3n) is 2.94. The second-order valence-electron chi connectivity index (χ2n) is 4.76. The number of hydrogen-bond donors (Lipinski definition) is 1. The molecule has 2 rings (SSSR count). The van der Waals surface area contributed by atoms with Gasteiger partial charge in [0, 0.05) is 19.2 Å². The molecular formula is C15H23NO2. The molecule has 1 aromatic carbocycles. The molecule has 0 bridgehead atoms. The fourth-order valence-corrected chi connectivity index (χ4v) is 1.72. The van der Waals surface area contributed by atoms with Crippen LogP contribution in [-0.4, -0.2) is 25.9 Å². The highest BCUT2D eigenvalue weighted by Crippen LogP contribution is 2.19. The topological polar surface area (TPSA) is 30.5 Å². The molecule has 1 aliphatic carbocycles. The molecule has 0 aromatic heterocycles. The fraction of sp³-hybridized carbons (Fsp3) is 0.600. The van der Waals surface area contributed by atoms with Gasteiger partial charge in [-0.3, -0.25) is 0 Å². The van der Waals surface area contributed by atoms with Gasteiger partial charge >= 0.3 is 0 Å². The first-order valence-electron chi connectivity index (χ1n) is 6.91. The second kappa shape index (κ2) is 7.39. The van der Waals surface area contributed by atoms with E-state index in [1.54, 1.807) is 0 Å². The minimum Gasteiger partial charge on any atom is -0.491 e. The van der Waals surface area contributed by atoms with Crippen LogP contribution in [0.2, 0.25) is 0 Å². The van der Waals surface area contributed by atoms with E-state index in [1.165, 1.54) is 18.4 Å². The van der Waals surface area contributed by atoms with Crippen molar-refractivity contribution < 1.29 is 9.47 Å². The summed E-state index contributed by atoms with van der Waals surface area (Å²) >= 11 is 0. The van der Waals surface area contributed by atoms with Crippen LogP contribution >= 0.6 is 0 Å². The summed E-state index contributed by atoms with van der Waals surface area (Å²) in [7, 11) is 0. The lowest BCUT2D eigenvalue weighted by molar-refractivity contribution is 0.101. The highest BCUT2D eigenvalue weighted by atomic mass is 16.5. The zero-order valence-electron chi connectivity index (χ0n) is 11.2. The molecule has 3 nitrogen and oxygen atoms in total. The Morgan fingerprint density at radius 3 is 2.56 bits per heavy atom. The molecule has 18 heavy (non-hydrogen) atoms. The lowest BCUT2D eigenvalue weighted by Gasteiger charge is -2.08. The molecule has 100 valence electrons. The molecule has 1 aromatic rings. The van der Waals surface area contributed by atoms with E-state index in [1.807, 2.05) is 12.1 Å². The standard InChI is InChI=1S/C15H23NO2/c1-2-9-17-10-11-18-15-7-3-13(4-8-15)12-16-14-5-6-14/h3-4,7-8,14,16H,2,5-6,9-12H2,1H3. The van der Waals surface area contributed by atoms with Gasteiger partial charge in [0.1, 0.15) is 12.4 Å². The SMILES string of the molecule is CCCOCCOc1ccc(CNC2CC2)cc1. The van der Waals surface area contributed by atoms with Crippen molar-refractivity contribution in [2.45, 2.75) is 38.8 Å². The van der Waals surface area contributed by atoms with Crippen LogP contribution in [0, 0.1) is 0 Å². The maximum atomic E-state index is 5.60. The molecule has 0 atom stereocenters. The van der Waals surface area contributed by atoms with Gasteiger partial charge in [0.15, 0.2) is 0 Å². The lowest BCUT2D eigenvalue weighted by Crippen LogP contribution is -2.15. The average molecular weight is 249 g/mol. The Kier molecular flexibility index (Phi) is 5.49. The van der Waals surface area contributed by atoms with Gasteiger partial charge in [0.2, 0.25) is 0 Å². The van der Waals surface area contributed by atoms with Gasteiger partial charge in [-0.1, -0.05) is 19.1 Å². The van der Waals surface area contributed by atoms with Gasteiger partial charge < -0.3 is 14.8 Å². The highest BCUT2D eigenvalue weighted by molar-refractivity contribution is 5.27. The molecule has 1 aliphatic rings. The quantitative estimate of drug-likeness (QED) is 0.683. The van der Waals surface area contributed by atoms with Crippen LogP contribution in [0.15, 0.2) is 24.3 Å². The van der Waals surface area contributed by atoms with E-state index in [0.717, 1.165) is 31.4 Å². The normalized spacial score (nSPS) is 14.7. The molecule has 0 heterocycles. The molecule has 1 N–H and O–H groups in total. The Labute approximate surface area is 109 Å². The minimum absolute atomic E-state index is 0.625. The predicted molar refractivity (Wildman–Crippen MR) is 72.9 cm³/mol. The van der Waals surface area contributed by atoms with Crippen LogP contribution in [0.4, 0.5) is 0 Å². The number of hydrogen-bond acceptors (Lipinski definition) is 3.